The predicted molar refractivity (Wildman–Crippen MR) is 96.3 cm³/mol. The van der Waals surface area contributed by atoms with Gasteiger partial charge in [-0.05, 0) is 28.4 Å². The number of anilines is 1. The molecule has 0 atom stereocenters. The molecule has 0 unspecified atom stereocenters. The molecule has 4 nitrogen and oxygen atoms in total. The van der Waals surface area contributed by atoms with Gasteiger partial charge in [0.2, 0.25) is 0 Å². The van der Waals surface area contributed by atoms with Crippen molar-refractivity contribution >= 4 is 11.4 Å². The molecule has 0 aromatic heterocycles. The zero-order valence-corrected chi connectivity index (χ0v) is 13.2. The first kappa shape index (κ1) is 15.7. The fourth-order valence-electron chi connectivity index (χ4n) is 2.63. The van der Waals surface area contributed by atoms with Gasteiger partial charge >= 0.3 is 0 Å². The average Bonchev–Trinajstić information content (AvgIpc) is 2.63. The van der Waals surface area contributed by atoms with Crippen molar-refractivity contribution in [3.05, 3.63) is 94.9 Å². The normalized spacial score (nSPS) is 10.3. The van der Waals surface area contributed by atoms with Gasteiger partial charge < -0.3 is 10.0 Å². The number of phenols is 1. The van der Waals surface area contributed by atoms with Gasteiger partial charge in [0.1, 0.15) is 11.4 Å². The van der Waals surface area contributed by atoms with Gasteiger partial charge in [0.25, 0.3) is 0 Å². The Morgan fingerprint density at radius 3 is 1.79 bits per heavy atom. The number of hydrogen-bond acceptors (Lipinski definition) is 4. The zero-order valence-electron chi connectivity index (χ0n) is 13.2. The molecule has 0 saturated carbocycles. The van der Waals surface area contributed by atoms with Gasteiger partial charge in [0, 0.05) is 24.8 Å². The highest BCUT2D eigenvalue weighted by molar-refractivity contribution is 5.61. The monoisotopic (exact) mass is 318 g/mol. The van der Waals surface area contributed by atoms with E-state index in [1.54, 1.807) is 12.1 Å². The van der Waals surface area contributed by atoms with E-state index in [2.05, 4.69) is 34.3 Å². The molecular weight excluding hydrogens is 300 g/mol. The molecule has 0 heterocycles. The number of rotatable bonds is 6. The van der Waals surface area contributed by atoms with Gasteiger partial charge in [-0.1, -0.05) is 60.7 Å². The van der Waals surface area contributed by atoms with E-state index in [1.807, 2.05) is 42.5 Å². The summed E-state index contributed by atoms with van der Waals surface area (Å²) >= 11 is 0. The van der Waals surface area contributed by atoms with E-state index in [4.69, 9.17) is 0 Å². The van der Waals surface area contributed by atoms with Crippen LogP contribution >= 0.6 is 0 Å². The van der Waals surface area contributed by atoms with Crippen LogP contribution in [0.15, 0.2) is 84.0 Å². The number of hydrogen-bond donors (Lipinski definition) is 1. The molecule has 0 fully saturated rings. The molecule has 1 N–H and O–H groups in total. The predicted octanol–water partition coefficient (Wildman–Crippen LogP) is 5.00. The molecule has 0 radical (unpaired) electrons. The smallest absolute Gasteiger partial charge is 0.149 e. The Morgan fingerprint density at radius 2 is 1.33 bits per heavy atom. The lowest BCUT2D eigenvalue weighted by Crippen LogP contribution is -2.22. The molecule has 3 rings (SSSR count). The van der Waals surface area contributed by atoms with E-state index in [0.717, 1.165) is 5.69 Å². The Bertz CT molecular complexity index is 763. The molecule has 24 heavy (non-hydrogen) atoms. The molecule has 0 aliphatic heterocycles. The van der Waals surface area contributed by atoms with Crippen molar-refractivity contribution in [3.63, 3.8) is 0 Å². The molecule has 3 aromatic carbocycles. The molecular formula is C20H18N2O2. The summed E-state index contributed by atoms with van der Waals surface area (Å²) in [5.74, 6) is -0.103. The summed E-state index contributed by atoms with van der Waals surface area (Å²) in [5, 5.41) is 12.8. The minimum absolute atomic E-state index is 0.0538. The van der Waals surface area contributed by atoms with Gasteiger partial charge in [0.15, 0.2) is 0 Å². The third-order valence-corrected chi connectivity index (χ3v) is 3.86. The second kappa shape index (κ2) is 7.42. The van der Waals surface area contributed by atoms with Crippen LogP contribution in [0.3, 0.4) is 0 Å². The second-order valence-electron chi connectivity index (χ2n) is 5.59. The lowest BCUT2D eigenvalue weighted by molar-refractivity contribution is 0.476. The minimum Gasteiger partial charge on any atom is -0.505 e. The van der Waals surface area contributed by atoms with E-state index in [1.165, 1.54) is 11.1 Å². The van der Waals surface area contributed by atoms with Gasteiger partial charge in [0.05, 0.1) is 0 Å². The van der Waals surface area contributed by atoms with Crippen molar-refractivity contribution in [3.8, 4) is 5.75 Å². The topological polar surface area (TPSA) is 52.9 Å². The van der Waals surface area contributed by atoms with Gasteiger partial charge in [-0.25, -0.2) is 0 Å². The fraction of sp³-hybridized carbons (Fsp3) is 0.100. The fourth-order valence-corrected chi connectivity index (χ4v) is 2.63. The van der Waals surface area contributed by atoms with Crippen LogP contribution in [-0.2, 0) is 13.1 Å². The number of aromatic hydroxyl groups is 1. The van der Waals surface area contributed by atoms with Crippen LogP contribution in [0.2, 0.25) is 0 Å². The summed E-state index contributed by atoms with van der Waals surface area (Å²) in [5.41, 5.74) is 3.24. The van der Waals surface area contributed by atoms with E-state index in [9.17, 15) is 10.0 Å². The summed E-state index contributed by atoms with van der Waals surface area (Å²) in [6, 6.07) is 25.2. The molecule has 0 spiro atoms. The van der Waals surface area contributed by atoms with Crippen molar-refractivity contribution in [1.29, 1.82) is 0 Å². The lowest BCUT2D eigenvalue weighted by Gasteiger charge is -2.25. The lowest BCUT2D eigenvalue weighted by atomic mass is 10.1. The largest absolute Gasteiger partial charge is 0.505 e. The quantitative estimate of drug-likeness (QED) is 0.651. The molecule has 3 aromatic rings. The summed E-state index contributed by atoms with van der Waals surface area (Å²) < 4.78 is 0. The first-order valence-electron chi connectivity index (χ1n) is 7.75. The number of phenolic OH excluding ortho intramolecular Hbond substituents is 1. The summed E-state index contributed by atoms with van der Waals surface area (Å²) in [6.45, 7) is 1.39. The Morgan fingerprint density at radius 1 is 0.792 bits per heavy atom. The molecule has 0 amide bonds. The van der Waals surface area contributed by atoms with Crippen molar-refractivity contribution in [1.82, 2.24) is 0 Å². The first-order valence-corrected chi connectivity index (χ1v) is 7.75. The Kier molecular flexibility index (Phi) is 4.87. The Hall–Kier alpha value is -3.14. The molecule has 0 saturated heterocycles. The summed E-state index contributed by atoms with van der Waals surface area (Å²) in [7, 11) is 0. The second-order valence-corrected chi connectivity index (χ2v) is 5.59. The third-order valence-electron chi connectivity index (χ3n) is 3.86. The highest BCUT2D eigenvalue weighted by Crippen LogP contribution is 2.32. The molecule has 0 aliphatic carbocycles. The summed E-state index contributed by atoms with van der Waals surface area (Å²) in [4.78, 5) is 12.8. The van der Waals surface area contributed by atoms with Crippen LogP contribution < -0.4 is 4.90 Å². The van der Waals surface area contributed by atoms with E-state index < -0.39 is 0 Å². The highest BCUT2D eigenvalue weighted by Gasteiger charge is 2.11. The van der Waals surface area contributed by atoms with E-state index in [-0.39, 0.29) is 11.4 Å². The third kappa shape index (κ3) is 3.79. The molecule has 4 heteroatoms. The van der Waals surface area contributed by atoms with E-state index in [0.29, 0.717) is 13.1 Å². The average molecular weight is 318 g/mol. The van der Waals surface area contributed by atoms with Gasteiger partial charge in [-0.15, -0.1) is 4.91 Å². The number of nitroso groups, excluding NO2 is 1. The van der Waals surface area contributed by atoms with Gasteiger partial charge in [-0.3, -0.25) is 0 Å². The van der Waals surface area contributed by atoms with Gasteiger partial charge in [-0.2, -0.15) is 0 Å². The van der Waals surface area contributed by atoms with Crippen LogP contribution in [-0.4, -0.2) is 5.11 Å². The standard InChI is InChI=1S/C20H18N2O2/c23-20-13-18(11-12-19(20)21-24)22(14-16-7-3-1-4-8-16)15-17-9-5-2-6-10-17/h1-13,23H,14-15H2. The van der Waals surface area contributed by atoms with Crippen molar-refractivity contribution in [2.45, 2.75) is 13.1 Å². The van der Waals surface area contributed by atoms with Crippen LogP contribution in [0, 0.1) is 4.91 Å². The SMILES string of the molecule is O=Nc1ccc(N(Cc2ccccc2)Cc2ccccc2)cc1O. The molecule has 0 bridgehead atoms. The Labute approximate surface area is 141 Å². The van der Waals surface area contributed by atoms with Crippen LogP contribution in [0.4, 0.5) is 11.4 Å². The van der Waals surface area contributed by atoms with Crippen LogP contribution in [0.1, 0.15) is 11.1 Å². The molecule has 0 aliphatic rings. The van der Waals surface area contributed by atoms with Crippen molar-refractivity contribution in [2.75, 3.05) is 4.90 Å². The minimum atomic E-state index is -0.103. The van der Waals surface area contributed by atoms with Crippen molar-refractivity contribution < 1.29 is 5.11 Å². The number of nitrogens with zero attached hydrogens (tertiary/aromatic N) is 2. The first-order chi connectivity index (χ1) is 11.8. The zero-order chi connectivity index (χ0) is 16.8. The maximum absolute atomic E-state index is 10.7. The maximum atomic E-state index is 10.7. The van der Waals surface area contributed by atoms with Crippen LogP contribution in [0.25, 0.3) is 0 Å². The van der Waals surface area contributed by atoms with E-state index >= 15 is 0 Å². The Balaban J connectivity index is 1.91. The summed E-state index contributed by atoms with van der Waals surface area (Å²) in [6.07, 6.45) is 0. The van der Waals surface area contributed by atoms with Crippen LogP contribution in [0.5, 0.6) is 5.75 Å². The molecule has 120 valence electrons. The number of benzene rings is 3. The van der Waals surface area contributed by atoms with Crippen molar-refractivity contribution in [2.24, 2.45) is 5.18 Å². The highest BCUT2D eigenvalue weighted by atomic mass is 16.3. The maximum Gasteiger partial charge on any atom is 0.149 e.